The molecule has 0 aromatic carbocycles. The van der Waals surface area contributed by atoms with E-state index in [0.717, 1.165) is 18.5 Å². The number of β-amino-alcohol motifs (C(OH)–C–C–N with tert-alkyl or cyclic N) is 1. The van der Waals surface area contributed by atoms with Crippen LogP contribution in [0.2, 0.25) is 0 Å². The Balaban J connectivity index is 0.000000671. The first-order chi connectivity index (χ1) is 6.25. The van der Waals surface area contributed by atoms with Gasteiger partial charge in [0.25, 0.3) is 0 Å². The number of aliphatic hydroxyl groups excluding tert-OH is 1. The second-order valence-electron chi connectivity index (χ2n) is 3.71. The molecule has 1 aliphatic heterocycles. The lowest BCUT2D eigenvalue weighted by Crippen LogP contribution is -2.35. The normalized spacial score (nSPS) is 23.1. The molecule has 0 aromatic heterocycles. The van der Waals surface area contributed by atoms with E-state index in [2.05, 4.69) is 18.7 Å². The minimum atomic E-state index is 0.309. The Morgan fingerprint density at radius 3 is 2.46 bits per heavy atom. The number of likely N-dealkylation sites (tertiary alicyclic amines) is 1. The van der Waals surface area contributed by atoms with Gasteiger partial charge in [0.05, 0.1) is 6.61 Å². The van der Waals surface area contributed by atoms with Gasteiger partial charge in [-0.15, -0.1) is 0 Å². The first-order valence-electron chi connectivity index (χ1n) is 5.60. The van der Waals surface area contributed by atoms with Crippen molar-refractivity contribution in [2.45, 2.75) is 46.6 Å². The summed E-state index contributed by atoms with van der Waals surface area (Å²) in [7, 11) is 0. The molecule has 0 spiro atoms. The van der Waals surface area contributed by atoms with Crippen LogP contribution in [0.25, 0.3) is 0 Å². The van der Waals surface area contributed by atoms with Crippen LogP contribution in [0.3, 0.4) is 0 Å². The van der Waals surface area contributed by atoms with E-state index in [4.69, 9.17) is 5.11 Å². The van der Waals surface area contributed by atoms with Crippen molar-refractivity contribution in [2.24, 2.45) is 5.92 Å². The predicted molar refractivity (Wildman–Crippen MR) is 57.9 cm³/mol. The second-order valence-corrected chi connectivity index (χ2v) is 3.71. The molecule has 80 valence electrons. The summed E-state index contributed by atoms with van der Waals surface area (Å²) < 4.78 is 0. The average Bonchev–Trinajstić information content (AvgIpc) is 2.57. The number of aliphatic hydroxyl groups is 1. The van der Waals surface area contributed by atoms with Crippen molar-refractivity contribution < 1.29 is 5.11 Å². The third kappa shape index (κ3) is 4.10. The molecule has 1 heterocycles. The highest BCUT2D eigenvalue weighted by atomic mass is 16.3. The van der Waals surface area contributed by atoms with Crippen LogP contribution in [0, 0.1) is 5.92 Å². The fraction of sp³-hybridized carbons (Fsp3) is 1.00. The SMILES string of the molecule is CC.CC(C)C1CCCN1CCO. The molecule has 1 saturated heterocycles. The zero-order valence-electron chi connectivity index (χ0n) is 9.58. The largest absolute Gasteiger partial charge is 0.395 e. The summed E-state index contributed by atoms with van der Waals surface area (Å²) >= 11 is 0. The Hall–Kier alpha value is -0.0800. The van der Waals surface area contributed by atoms with E-state index >= 15 is 0 Å². The van der Waals surface area contributed by atoms with Gasteiger partial charge in [-0.05, 0) is 25.3 Å². The van der Waals surface area contributed by atoms with Gasteiger partial charge < -0.3 is 5.11 Å². The lowest BCUT2D eigenvalue weighted by Gasteiger charge is -2.26. The zero-order chi connectivity index (χ0) is 10.3. The maximum atomic E-state index is 8.78. The van der Waals surface area contributed by atoms with Crippen molar-refractivity contribution in [1.82, 2.24) is 4.90 Å². The topological polar surface area (TPSA) is 23.5 Å². The molecule has 0 aliphatic carbocycles. The van der Waals surface area contributed by atoms with E-state index in [-0.39, 0.29) is 0 Å². The van der Waals surface area contributed by atoms with Gasteiger partial charge in [0, 0.05) is 12.6 Å². The van der Waals surface area contributed by atoms with Crippen LogP contribution in [0.15, 0.2) is 0 Å². The van der Waals surface area contributed by atoms with Crippen molar-refractivity contribution in [1.29, 1.82) is 0 Å². The fourth-order valence-corrected chi connectivity index (χ4v) is 2.01. The van der Waals surface area contributed by atoms with Gasteiger partial charge in [-0.3, -0.25) is 4.90 Å². The van der Waals surface area contributed by atoms with E-state index < -0.39 is 0 Å². The number of hydrogen-bond acceptors (Lipinski definition) is 2. The maximum absolute atomic E-state index is 8.78. The van der Waals surface area contributed by atoms with Crippen LogP contribution in [-0.4, -0.2) is 35.7 Å². The molecule has 1 aliphatic rings. The maximum Gasteiger partial charge on any atom is 0.0558 e. The van der Waals surface area contributed by atoms with Crippen molar-refractivity contribution in [3.8, 4) is 0 Å². The average molecular weight is 187 g/mol. The first kappa shape index (κ1) is 12.9. The minimum absolute atomic E-state index is 0.309. The number of hydrogen-bond donors (Lipinski definition) is 1. The lowest BCUT2D eigenvalue weighted by molar-refractivity contribution is 0.160. The predicted octanol–water partition coefficient (Wildman–Crippen LogP) is 2.13. The molecule has 2 heteroatoms. The highest BCUT2D eigenvalue weighted by molar-refractivity contribution is 4.80. The van der Waals surface area contributed by atoms with Gasteiger partial charge in [0.15, 0.2) is 0 Å². The monoisotopic (exact) mass is 187 g/mol. The summed E-state index contributed by atoms with van der Waals surface area (Å²) in [4.78, 5) is 2.41. The van der Waals surface area contributed by atoms with Crippen LogP contribution in [0.1, 0.15) is 40.5 Å². The van der Waals surface area contributed by atoms with Crippen LogP contribution < -0.4 is 0 Å². The molecule has 0 amide bonds. The minimum Gasteiger partial charge on any atom is -0.395 e. The quantitative estimate of drug-likeness (QED) is 0.731. The number of rotatable bonds is 3. The smallest absolute Gasteiger partial charge is 0.0558 e. The van der Waals surface area contributed by atoms with E-state index in [1.54, 1.807) is 0 Å². The van der Waals surface area contributed by atoms with Crippen molar-refractivity contribution in [2.75, 3.05) is 19.7 Å². The molecular formula is C11H25NO. The van der Waals surface area contributed by atoms with Crippen molar-refractivity contribution in [3.63, 3.8) is 0 Å². The third-order valence-corrected chi connectivity index (χ3v) is 2.57. The van der Waals surface area contributed by atoms with E-state index in [1.807, 2.05) is 13.8 Å². The van der Waals surface area contributed by atoms with Gasteiger partial charge in [-0.1, -0.05) is 27.7 Å². The molecule has 1 unspecified atom stereocenters. The second kappa shape index (κ2) is 7.34. The molecule has 13 heavy (non-hydrogen) atoms. The van der Waals surface area contributed by atoms with Gasteiger partial charge in [0.1, 0.15) is 0 Å². The zero-order valence-corrected chi connectivity index (χ0v) is 9.58. The first-order valence-corrected chi connectivity index (χ1v) is 5.60. The molecule has 0 aromatic rings. The molecule has 0 saturated carbocycles. The number of nitrogens with zero attached hydrogens (tertiary/aromatic N) is 1. The van der Waals surface area contributed by atoms with Gasteiger partial charge in [-0.25, -0.2) is 0 Å². The molecule has 1 fully saturated rings. The molecule has 1 rings (SSSR count). The highest BCUT2D eigenvalue weighted by Gasteiger charge is 2.25. The van der Waals surface area contributed by atoms with Gasteiger partial charge in [-0.2, -0.15) is 0 Å². The Morgan fingerprint density at radius 1 is 1.38 bits per heavy atom. The van der Waals surface area contributed by atoms with Crippen LogP contribution in [0.4, 0.5) is 0 Å². The molecular weight excluding hydrogens is 162 g/mol. The lowest BCUT2D eigenvalue weighted by atomic mass is 10.0. The molecule has 1 N–H and O–H groups in total. The summed E-state index contributed by atoms with van der Waals surface area (Å²) in [6.07, 6.45) is 2.63. The summed E-state index contributed by atoms with van der Waals surface area (Å²) in [6.45, 7) is 10.9. The standard InChI is InChI=1S/C9H19NO.C2H6/c1-8(2)9-4-3-5-10(9)6-7-11;1-2/h8-9,11H,3-7H2,1-2H3;1-2H3. The van der Waals surface area contributed by atoms with Gasteiger partial charge in [0.2, 0.25) is 0 Å². The molecule has 1 atom stereocenters. The van der Waals surface area contributed by atoms with E-state index in [9.17, 15) is 0 Å². The van der Waals surface area contributed by atoms with Crippen molar-refractivity contribution in [3.05, 3.63) is 0 Å². The van der Waals surface area contributed by atoms with Crippen LogP contribution in [-0.2, 0) is 0 Å². The van der Waals surface area contributed by atoms with Crippen LogP contribution in [0.5, 0.6) is 0 Å². The highest BCUT2D eigenvalue weighted by Crippen LogP contribution is 2.22. The Morgan fingerprint density at radius 2 is 2.00 bits per heavy atom. The molecule has 0 radical (unpaired) electrons. The molecule has 0 bridgehead atoms. The Kier molecular flexibility index (Phi) is 7.29. The summed E-state index contributed by atoms with van der Waals surface area (Å²) in [5, 5.41) is 8.78. The Bertz CT molecular complexity index is 115. The van der Waals surface area contributed by atoms with Crippen LogP contribution >= 0.6 is 0 Å². The summed E-state index contributed by atoms with van der Waals surface area (Å²) in [6, 6.07) is 0.724. The van der Waals surface area contributed by atoms with Crippen molar-refractivity contribution >= 4 is 0 Å². The van der Waals surface area contributed by atoms with Gasteiger partial charge >= 0.3 is 0 Å². The summed E-state index contributed by atoms with van der Waals surface area (Å²) in [5.74, 6) is 0.740. The molecule has 2 nitrogen and oxygen atoms in total. The summed E-state index contributed by atoms with van der Waals surface area (Å²) in [5.41, 5.74) is 0. The third-order valence-electron chi connectivity index (χ3n) is 2.57. The van der Waals surface area contributed by atoms with E-state index in [1.165, 1.54) is 19.4 Å². The Labute approximate surface area is 82.9 Å². The van der Waals surface area contributed by atoms with E-state index in [0.29, 0.717) is 6.61 Å². The fourth-order valence-electron chi connectivity index (χ4n) is 2.01.